The zero-order valence-corrected chi connectivity index (χ0v) is 18.9. The maximum atomic E-state index is 12.6. The second kappa shape index (κ2) is 13.8. The molecular formula is C24H43NO3. The second-order valence-electron chi connectivity index (χ2n) is 9.25. The van der Waals surface area contributed by atoms with Gasteiger partial charge in [0.05, 0.1) is 0 Å². The van der Waals surface area contributed by atoms with Crippen molar-refractivity contribution in [3.63, 3.8) is 0 Å². The highest BCUT2D eigenvalue weighted by Crippen LogP contribution is 2.17. The van der Waals surface area contributed by atoms with Gasteiger partial charge in [0.2, 0.25) is 5.91 Å². The van der Waals surface area contributed by atoms with E-state index >= 15 is 0 Å². The zero-order valence-electron chi connectivity index (χ0n) is 18.9. The third-order valence-electron chi connectivity index (χ3n) is 5.21. The molecular weight excluding hydrogens is 350 g/mol. The number of carbonyl (C=O) groups is 2. The van der Waals surface area contributed by atoms with Gasteiger partial charge in [0.15, 0.2) is 0 Å². The van der Waals surface area contributed by atoms with E-state index in [1.807, 2.05) is 20.8 Å². The summed E-state index contributed by atoms with van der Waals surface area (Å²) < 4.78 is 5.47. The normalized spacial score (nSPS) is 22.4. The van der Waals surface area contributed by atoms with Gasteiger partial charge in [-0.2, -0.15) is 0 Å². The molecule has 0 aromatic heterocycles. The van der Waals surface area contributed by atoms with Gasteiger partial charge in [0.1, 0.15) is 5.60 Å². The molecule has 0 bridgehead atoms. The van der Waals surface area contributed by atoms with Gasteiger partial charge in [-0.1, -0.05) is 56.6 Å². The molecule has 0 N–H and O–H groups in total. The quantitative estimate of drug-likeness (QED) is 0.410. The number of amides is 2. The smallest absolute Gasteiger partial charge is 0.417 e. The summed E-state index contributed by atoms with van der Waals surface area (Å²) in [6.07, 6.45) is 17.2. The first-order chi connectivity index (χ1) is 13.3. The van der Waals surface area contributed by atoms with Crippen molar-refractivity contribution in [1.82, 2.24) is 4.90 Å². The lowest BCUT2D eigenvalue weighted by atomic mass is 10.0. The fourth-order valence-electron chi connectivity index (χ4n) is 3.55. The van der Waals surface area contributed by atoms with Crippen molar-refractivity contribution in [2.45, 2.75) is 123 Å². The third-order valence-corrected chi connectivity index (χ3v) is 5.21. The molecule has 162 valence electrons. The number of allylic oxidation sites excluding steroid dienone is 2. The second-order valence-corrected chi connectivity index (χ2v) is 9.25. The summed E-state index contributed by atoms with van der Waals surface area (Å²) in [6.45, 7) is 8.24. The maximum absolute atomic E-state index is 12.6. The Morgan fingerprint density at radius 1 is 0.857 bits per heavy atom. The third kappa shape index (κ3) is 12.2. The Labute approximate surface area is 173 Å². The van der Waals surface area contributed by atoms with Crippen LogP contribution in [-0.4, -0.2) is 29.0 Å². The van der Waals surface area contributed by atoms with Crippen LogP contribution in [0, 0.1) is 0 Å². The summed E-state index contributed by atoms with van der Waals surface area (Å²) in [5, 5.41) is 0. The van der Waals surface area contributed by atoms with E-state index in [9.17, 15) is 9.59 Å². The van der Waals surface area contributed by atoms with Gasteiger partial charge in [-0.15, -0.1) is 0 Å². The Morgan fingerprint density at radius 2 is 1.39 bits per heavy atom. The molecule has 1 aliphatic rings. The lowest BCUT2D eigenvalue weighted by Gasteiger charge is -2.26. The van der Waals surface area contributed by atoms with Crippen LogP contribution in [0.4, 0.5) is 4.79 Å². The lowest BCUT2D eigenvalue weighted by Crippen LogP contribution is -2.41. The van der Waals surface area contributed by atoms with Crippen LogP contribution in [0.25, 0.3) is 0 Å². The van der Waals surface area contributed by atoms with Crippen LogP contribution in [-0.2, 0) is 9.53 Å². The van der Waals surface area contributed by atoms with Gasteiger partial charge < -0.3 is 4.74 Å². The number of carbonyl (C=O) groups excluding carboxylic acids is 2. The maximum Gasteiger partial charge on any atom is 0.417 e. The van der Waals surface area contributed by atoms with E-state index in [1.54, 1.807) is 0 Å². The number of hydrogen-bond acceptors (Lipinski definition) is 3. The van der Waals surface area contributed by atoms with Crippen LogP contribution in [0.3, 0.4) is 0 Å². The average Bonchev–Trinajstić information content (AvgIpc) is 2.60. The van der Waals surface area contributed by atoms with Crippen LogP contribution < -0.4 is 0 Å². The van der Waals surface area contributed by atoms with Crippen molar-refractivity contribution < 1.29 is 14.3 Å². The molecule has 0 fully saturated rings. The molecule has 0 radical (unpaired) electrons. The zero-order chi connectivity index (χ0) is 20.8. The van der Waals surface area contributed by atoms with E-state index in [2.05, 4.69) is 13.0 Å². The summed E-state index contributed by atoms with van der Waals surface area (Å²) in [5.74, 6) is -0.0806. The van der Waals surface area contributed by atoms with Crippen molar-refractivity contribution in [1.29, 1.82) is 0 Å². The fourth-order valence-corrected chi connectivity index (χ4v) is 3.55. The molecule has 0 saturated carbocycles. The van der Waals surface area contributed by atoms with Crippen molar-refractivity contribution >= 4 is 12.0 Å². The predicted octanol–water partition coefficient (Wildman–Crippen LogP) is 7.17. The first-order valence-electron chi connectivity index (χ1n) is 11.5. The van der Waals surface area contributed by atoms with Crippen molar-refractivity contribution in [2.24, 2.45) is 0 Å². The van der Waals surface area contributed by atoms with Gasteiger partial charge in [-0.05, 0) is 66.2 Å². The predicted molar refractivity (Wildman–Crippen MR) is 116 cm³/mol. The molecule has 0 spiro atoms. The molecule has 0 aromatic carbocycles. The highest BCUT2D eigenvalue weighted by Gasteiger charge is 2.26. The molecule has 4 heteroatoms. The molecule has 1 aliphatic heterocycles. The monoisotopic (exact) mass is 393 g/mol. The van der Waals surface area contributed by atoms with Crippen molar-refractivity contribution in [3.8, 4) is 0 Å². The SMILES string of the molecule is C/C1=C/CCCCCN(C(=O)OC(C)(C)C)C(=O)CCCCCCCCCC1. The summed E-state index contributed by atoms with van der Waals surface area (Å²) in [5.41, 5.74) is 0.924. The first-order valence-corrected chi connectivity index (χ1v) is 11.5. The van der Waals surface area contributed by atoms with Crippen LogP contribution in [0.1, 0.15) is 118 Å². The molecule has 1 rings (SSSR count). The topological polar surface area (TPSA) is 46.6 Å². The molecule has 28 heavy (non-hydrogen) atoms. The number of ether oxygens (including phenoxy) is 1. The van der Waals surface area contributed by atoms with E-state index in [1.165, 1.54) is 55.4 Å². The molecule has 4 nitrogen and oxygen atoms in total. The summed E-state index contributed by atoms with van der Waals surface area (Å²) in [4.78, 5) is 26.5. The number of imide groups is 1. The highest BCUT2D eigenvalue weighted by atomic mass is 16.6. The molecule has 0 aromatic rings. The van der Waals surface area contributed by atoms with E-state index in [4.69, 9.17) is 4.74 Å². The Kier molecular flexibility index (Phi) is 12.2. The van der Waals surface area contributed by atoms with E-state index in [0.717, 1.165) is 38.5 Å². The van der Waals surface area contributed by atoms with Gasteiger partial charge in [0.25, 0.3) is 0 Å². The summed E-state index contributed by atoms with van der Waals surface area (Å²) in [7, 11) is 0. The Hall–Kier alpha value is -1.32. The Morgan fingerprint density at radius 3 is 2.00 bits per heavy atom. The number of rotatable bonds is 0. The molecule has 0 aliphatic carbocycles. The summed E-state index contributed by atoms with van der Waals surface area (Å²) >= 11 is 0. The highest BCUT2D eigenvalue weighted by molar-refractivity contribution is 5.92. The minimum atomic E-state index is -0.579. The van der Waals surface area contributed by atoms with E-state index < -0.39 is 11.7 Å². The largest absolute Gasteiger partial charge is 0.443 e. The molecule has 1 heterocycles. The van der Waals surface area contributed by atoms with Crippen LogP contribution in [0.5, 0.6) is 0 Å². The van der Waals surface area contributed by atoms with Gasteiger partial charge >= 0.3 is 6.09 Å². The molecule has 0 unspecified atom stereocenters. The molecule has 0 atom stereocenters. The van der Waals surface area contributed by atoms with Gasteiger partial charge in [0, 0.05) is 13.0 Å². The first kappa shape index (κ1) is 24.7. The summed E-state index contributed by atoms with van der Waals surface area (Å²) in [6, 6.07) is 0. The number of nitrogens with zero attached hydrogens (tertiary/aromatic N) is 1. The molecule has 2 amide bonds. The average molecular weight is 394 g/mol. The fraction of sp³-hybridized carbons (Fsp3) is 0.833. The van der Waals surface area contributed by atoms with Crippen molar-refractivity contribution in [3.05, 3.63) is 11.6 Å². The van der Waals surface area contributed by atoms with Gasteiger partial charge in [-0.3, -0.25) is 4.79 Å². The minimum absolute atomic E-state index is 0.0806. The van der Waals surface area contributed by atoms with Crippen molar-refractivity contribution in [2.75, 3.05) is 6.54 Å². The van der Waals surface area contributed by atoms with Crippen LogP contribution in [0.15, 0.2) is 11.6 Å². The Bertz CT molecular complexity index is 491. The van der Waals surface area contributed by atoms with E-state index in [-0.39, 0.29) is 5.91 Å². The van der Waals surface area contributed by atoms with Crippen LogP contribution >= 0.6 is 0 Å². The van der Waals surface area contributed by atoms with Gasteiger partial charge in [-0.25, -0.2) is 9.69 Å². The van der Waals surface area contributed by atoms with E-state index in [0.29, 0.717) is 13.0 Å². The minimum Gasteiger partial charge on any atom is -0.443 e. The molecule has 0 saturated heterocycles. The lowest BCUT2D eigenvalue weighted by molar-refractivity contribution is -0.130. The van der Waals surface area contributed by atoms with Crippen LogP contribution in [0.2, 0.25) is 0 Å². The number of hydrogen-bond donors (Lipinski definition) is 0. The standard InChI is InChI=1S/C24H43NO3/c1-21-17-13-9-7-5-6-8-10-15-19-22(26)25(20-16-12-11-14-18-21)23(27)28-24(2,3)4/h18H,5-17,19-20H2,1-4H3/b21-18-. The Balaban J connectivity index is 2.62.